The molecule has 3 atom stereocenters. The Labute approximate surface area is 117 Å². The van der Waals surface area contributed by atoms with E-state index in [0.29, 0.717) is 18.7 Å². The van der Waals surface area contributed by atoms with Crippen molar-refractivity contribution in [2.24, 2.45) is 5.92 Å². The Morgan fingerprint density at radius 2 is 2.42 bits per heavy atom. The van der Waals surface area contributed by atoms with Crippen LogP contribution < -0.4 is 16.0 Å². The predicted molar refractivity (Wildman–Crippen MR) is 74.5 cm³/mol. The van der Waals surface area contributed by atoms with Crippen molar-refractivity contribution < 1.29 is 9.59 Å². The van der Waals surface area contributed by atoms with Gasteiger partial charge in [-0.2, -0.15) is 17.0 Å². The van der Waals surface area contributed by atoms with E-state index in [1.165, 1.54) is 0 Å². The maximum atomic E-state index is 12.0. The van der Waals surface area contributed by atoms with Crippen LogP contribution in [0.4, 0.5) is 0 Å². The molecule has 0 radical (unpaired) electrons. The summed E-state index contributed by atoms with van der Waals surface area (Å²) in [6.07, 6.45) is 3.03. The van der Waals surface area contributed by atoms with Gasteiger partial charge in [-0.1, -0.05) is 0 Å². The zero-order valence-corrected chi connectivity index (χ0v) is 12.0. The highest BCUT2D eigenvalue weighted by Crippen LogP contribution is 2.16. The van der Waals surface area contributed by atoms with Crippen LogP contribution in [0.5, 0.6) is 0 Å². The van der Waals surface area contributed by atoms with Gasteiger partial charge >= 0.3 is 0 Å². The maximum absolute atomic E-state index is 12.0. The number of hydrogen-bond acceptors (Lipinski definition) is 5. The van der Waals surface area contributed by atoms with Crippen LogP contribution in [0.2, 0.25) is 0 Å². The van der Waals surface area contributed by atoms with Gasteiger partial charge in [-0.3, -0.25) is 9.59 Å². The molecule has 1 heterocycles. The number of carbonyl (C=O) groups excluding carboxylic acids is 2. The smallest absolute Gasteiger partial charge is 0.239 e. The molecule has 1 saturated heterocycles. The van der Waals surface area contributed by atoms with Crippen LogP contribution in [0.3, 0.4) is 0 Å². The Kier molecular flexibility index (Phi) is 6.67. The number of nitrogens with zero attached hydrogens (tertiary/aromatic N) is 1. The van der Waals surface area contributed by atoms with Crippen molar-refractivity contribution in [1.29, 1.82) is 5.26 Å². The second kappa shape index (κ2) is 8.02. The van der Waals surface area contributed by atoms with E-state index in [0.717, 1.165) is 6.42 Å². The molecule has 0 aliphatic carbocycles. The summed E-state index contributed by atoms with van der Waals surface area (Å²) in [6.45, 7) is 0.654. The van der Waals surface area contributed by atoms with Crippen molar-refractivity contribution in [3.63, 3.8) is 0 Å². The molecule has 3 N–H and O–H groups in total. The topological polar surface area (TPSA) is 94.0 Å². The van der Waals surface area contributed by atoms with Crippen molar-refractivity contribution in [2.45, 2.75) is 24.9 Å². The highest BCUT2D eigenvalue weighted by Gasteiger charge is 2.28. The molecule has 0 aromatic carbocycles. The Balaban J connectivity index is 2.49. The Morgan fingerprint density at radius 3 is 2.89 bits per heavy atom. The first kappa shape index (κ1) is 15.8. The molecule has 106 valence electrons. The van der Waals surface area contributed by atoms with Gasteiger partial charge in [0.1, 0.15) is 6.04 Å². The van der Waals surface area contributed by atoms with Crippen molar-refractivity contribution in [2.75, 3.05) is 25.6 Å². The number of thioether (sulfide) groups is 1. The molecule has 0 bridgehead atoms. The van der Waals surface area contributed by atoms with Gasteiger partial charge in [-0.05, 0) is 26.1 Å². The van der Waals surface area contributed by atoms with Crippen molar-refractivity contribution >= 4 is 23.6 Å². The number of carbonyl (C=O) groups is 2. The van der Waals surface area contributed by atoms with Crippen LogP contribution in [0.1, 0.15) is 12.8 Å². The van der Waals surface area contributed by atoms with Gasteiger partial charge in [-0.25, -0.2) is 0 Å². The van der Waals surface area contributed by atoms with Gasteiger partial charge in [0, 0.05) is 18.2 Å². The van der Waals surface area contributed by atoms with Crippen LogP contribution in [0.15, 0.2) is 0 Å². The molecule has 1 rings (SSSR count). The van der Waals surface area contributed by atoms with Crippen LogP contribution >= 0.6 is 11.8 Å². The first-order valence-corrected chi connectivity index (χ1v) is 7.65. The third-order valence-electron chi connectivity index (χ3n) is 3.15. The first-order chi connectivity index (χ1) is 9.12. The highest BCUT2D eigenvalue weighted by molar-refractivity contribution is 7.98. The lowest BCUT2D eigenvalue weighted by atomic mass is 9.99. The van der Waals surface area contributed by atoms with Crippen molar-refractivity contribution in [3.8, 4) is 6.07 Å². The zero-order chi connectivity index (χ0) is 14.3. The van der Waals surface area contributed by atoms with Crippen molar-refractivity contribution in [3.05, 3.63) is 0 Å². The van der Waals surface area contributed by atoms with E-state index in [1.54, 1.807) is 18.8 Å². The van der Waals surface area contributed by atoms with Crippen molar-refractivity contribution in [1.82, 2.24) is 16.0 Å². The largest absolute Gasteiger partial charge is 0.356 e. The third-order valence-corrected chi connectivity index (χ3v) is 3.82. The summed E-state index contributed by atoms with van der Waals surface area (Å²) in [6, 6.07) is 1.13. The number of hydrogen-bond donors (Lipinski definition) is 3. The van der Waals surface area contributed by atoms with Gasteiger partial charge in [0.15, 0.2) is 0 Å². The van der Waals surface area contributed by atoms with Gasteiger partial charge in [0.2, 0.25) is 11.8 Å². The Hall–Kier alpha value is -1.26. The van der Waals surface area contributed by atoms with Crippen LogP contribution in [-0.2, 0) is 9.59 Å². The molecule has 0 aromatic heterocycles. The fraction of sp³-hybridized carbons (Fsp3) is 0.750. The van der Waals surface area contributed by atoms with Crippen LogP contribution in [0, 0.1) is 17.2 Å². The zero-order valence-electron chi connectivity index (χ0n) is 11.2. The minimum Gasteiger partial charge on any atom is -0.356 e. The predicted octanol–water partition coefficient (Wildman–Crippen LogP) is -0.528. The number of likely N-dealkylation sites (N-methyl/N-ethyl adjacent to an activating group) is 1. The lowest BCUT2D eigenvalue weighted by molar-refractivity contribution is -0.125. The quantitative estimate of drug-likeness (QED) is 0.584. The SMILES string of the molecule is CN[C@@H](CSC)C(=O)NC(C#N)CC1CCNC1=O. The molecule has 1 aliphatic heterocycles. The molecule has 0 aromatic rings. The Morgan fingerprint density at radius 1 is 1.68 bits per heavy atom. The third kappa shape index (κ3) is 4.73. The summed E-state index contributed by atoms with van der Waals surface area (Å²) in [4.78, 5) is 23.4. The minimum absolute atomic E-state index is 0.0243. The molecule has 6 nitrogen and oxygen atoms in total. The molecule has 1 fully saturated rings. The molecule has 19 heavy (non-hydrogen) atoms. The molecule has 2 amide bonds. The van der Waals surface area contributed by atoms with E-state index >= 15 is 0 Å². The fourth-order valence-electron chi connectivity index (χ4n) is 2.03. The second-order valence-electron chi connectivity index (χ2n) is 4.50. The standard InChI is InChI=1S/C12H20N4O2S/c1-14-10(7-19-2)12(18)16-9(6-13)5-8-3-4-15-11(8)17/h8-10,14H,3-5,7H2,1-2H3,(H,15,17)(H,16,18)/t8?,9?,10-/m0/s1. The van der Waals surface area contributed by atoms with Gasteiger partial charge in [0.05, 0.1) is 12.1 Å². The second-order valence-corrected chi connectivity index (χ2v) is 5.41. The lowest BCUT2D eigenvalue weighted by Gasteiger charge is -2.19. The number of nitrogens with one attached hydrogen (secondary N) is 3. The number of nitriles is 1. The summed E-state index contributed by atoms with van der Waals surface area (Å²) < 4.78 is 0. The van der Waals surface area contributed by atoms with Crippen LogP contribution in [-0.4, -0.2) is 49.5 Å². The summed E-state index contributed by atoms with van der Waals surface area (Å²) in [7, 11) is 1.71. The van der Waals surface area contributed by atoms with Gasteiger partial charge in [-0.15, -0.1) is 0 Å². The van der Waals surface area contributed by atoms with E-state index in [9.17, 15) is 9.59 Å². The summed E-state index contributed by atoms with van der Waals surface area (Å²) >= 11 is 1.56. The normalized spacial score (nSPS) is 21.3. The number of rotatable bonds is 7. The monoisotopic (exact) mass is 284 g/mol. The molecular formula is C12H20N4O2S. The van der Waals surface area contributed by atoms with E-state index < -0.39 is 6.04 Å². The molecule has 0 saturated carbocycles. The molecule has 7 heteroatoms. The molecule has 0 spiro atoms. The van der Waals surface area contributed by atoms with E-state index in [1.807, 2.05) is 6.26 Å². The fourth-order valence-corrected chi connectivity index (χ4v) is 2.68. The summed E-state index contributed by atoms with van der Waals surface area (Å²) in [5.41, 5.74) is 0. The first-order valence-electron chi connectivity index (χ1n) is 6.26. The minimum atomic E-state index is -0.612. The average molecular weight is 284 g/mol. The summed E-state index contributed by atoms with van der Waals surface area (Å²) in [5.74, 6) is 0.258. The van der Waals surface area contributed by atoms with E-state index in [2.05, 4.69) is 22.0 Å². The Bertz CT molecular complexity index is 369. The van der Waals surface area contributed by atoms with E-state index in [-0.39, 0.29) is 23.8 Å². The molecule has 2 unspecified atom stereocenters. The maximum Gasteiger partial charge on any atom is 0.239 e. The number of amides is 2. The highest BCUT2D eigenvalue weighted by atomic mass is 32.2. The average Bonchev–Trinajstić information content (AvgIpc) is 2.80. The summed E-state index contributed by atoms with van der Waals surface area (Å²) in [5, 5.41) is 17.4. The van der Waals surface area contributed by atoms with Gasteiger partial charge < -0.3 is 16.0 Å². The van der Waals surface area contributed by atoms with Crippen LogP contribution in [0.25, 0.3) is 0 Å². The lowest BCUT2D eigenvalue weighted by Crippen LogP contribution is -2.48. The molecule has 1 aliphatic rings. The van der Waals surface area contributed by atoms with Gasteiger partial charge in [0.25, 0.3) is 0 Å². The molecular weight excluding hydrogens is 264 g/mol. The van der Waals surface area contributed by atoms with E-state index in [4.69, 9.17) is 5.26 Å².